The number of imide groups is 1. The number of hydrogen-bond acceptors (Lipinski definition) is 3. The van der Waals surface area contributed by atoms with Gasteiger partial charge in [-0.3, -0.25) is 14.5 Å². The molecule has 1 heterocycles. The summed E-state index contributed by atoms with van der Waals surface area (Å²) in [5, 5.41) is 3.12. The number of fused-ring (bicyclic) bond motifs is 1. The fourth-order valence-electron chi connectivity index (χ4n) is 2.31. The highest BCUT2D eigenvalue weighted by atomic mass is 79.9. The number of benzene rings is 2. The minimum atomic E-state index is -0.258. The molecule has 106 valence electrons. The molecule has 1 N–H and O–H groups in total. The molecule has 0 fully saturated rings. The minimum Gasteiger partial charge on any atom is -0.366 e. The van der Waals surface area contributed by atoms with Crippen molar-refractivity contribution in [1.29, 1.82) is 0 Å². The standard InChI is InChI=1S/C16H13BrN2O2/c1-10-6-7-14(13(17)8-10)18-9-19-15(20)11-4-2-3-5-12(11)16(19)21/h2-8,18H,9H2,1H3. The van der Waals surface area contributed by atoms with E-state index in [1.165, 1.54) is 4.90 Å². The molecule has 2 aromatic rings. The first-order chi connectivity index (χ1) is 10.1. The van der Waals surface area contributed by atoms with E-state index >= 15 is 0 Å². The molecule has 0 atom stereocenters. The van der Waals surface area contributed by atoms with Gasteiger partial charge in [-0.25, -0.2) is 0 Å². The molecule has 3 rings (SSSR count). The van der Waals surface area contributed by atoms with Gasteiger partial charge in [-0.15, -0.1) is 0 Å². The van der Waals surface area contributed by atoms with Crippen LogP contribution in [0.3, 0.4) is 0 Å². The topological polar surface area (TPSA) is 49.4 Å². The molecule has 0 radical (unpaired) electrons. The van der Waals surface area contributed by atoms with Gasteiger partial charge in [0.05, 0.1) is 17.8 Å². The van der Waals surface area contributed by atoms with Crippen LogP contribution in [0.25, 0.3) is 0 Å². The molecule has 0 bridgehead atoms. The van der Waals surface area contributed by atoms with E-state index in [-0.39, 0.29) is 18.5 Å². The van der Waals surface area contributed by atoms with Crippen molar-refractivity contribution < 1.29 is 9.59 Å². The zero-order valence-electron chi connectivity index (χ0n) is 11.4. The SMILES string of the molecule is Cc1ccc(NCN2C(=O)c3ccccc3C2=O)c(Br)c1. The third kappa shape index (κ3) is 2.45. The first-order valence-electron chi connectivity index (χ1n) is 6.53. The average molecular weight is 345 g/mol. The molecule has 0 saturated heterocycles. The van der Waals surface area contributed by atoms with Gasteiger partial charge < -0.3 is 5.32 Å². The Labute approximate surface area is 130 Å². The lowest BCUT2D eigenvalue weighted by Crippen LogP contribution is -2.34. The first kappa shape index (κ1) is 13.8. The summed E-state index contributed by atoms with van der Waals surface area (Å²) in [6.07, 6.45) is 0. The number of nitrogens with zero attached hydrogens (tertiary/aromatic N) is 1. The van der Waals surface area contributed by atoms with Crippen LogP contribution in [0.1, 0.15) is 26.3 Å². The average Bonchev–Trinajstić information content (AvgIpc) is 2.71. The fourth-order valence-corrected chi connectivity index (χ4v) is 2.94. The Morgan fingerprint density at radius 1 is 1.05 bits per heavy atom. The van der Waals surface area contributed by atoms with E-state index in [1.54, 1.807) is 24.3 Å². The predicted octanol–water partition coefficient (Wildman–Crippen LogP) is 3.42. The summed E-state index contributed by atoms with van der Waals surface area (Å²) in [4.78, 5) is 25.7. The van der Waals surface area contributed by atoms with Crippen LogP contribution >= 0.6 is 15.9 Å². The molecule has 0 aromatic heterocycles. The summed E-state index contributed by atoms with van der Waals surface area (Å²) in [6.45, 7) is 2.15. The minimum absolute atomic E-state index is 0.147. The molecular weight excluding hydrogens is 332 g/mol. The van der Waals surface area contributed by atoms with Crippen LogP contribution in [0.5, 0.6) is 0 Å². The molecule has 0 aliphatic carbocycles. The summed E-state index contributed by atoms with van der Waals surface area (Å²) in [7, 11) is 0. The summed E-state index contributed by atoms with van der Waals surface area (Å²) in [5.74, 6) is -0.516. The van der Waals surface area contributed by atoms with E-state index in [2.05, 4.69) is 21.2 Å². The highest BCUT2D eigenvalue weighted by molar-refractivity contribution is 9.10. The van der Waals surface area contributed by atoms with E-state index < -0.39 is 0 Å². The lowest BCUT2D eigenvalue weighted by Gasteiger charge is -2.16. The molecule has 1 aliphatic rings. The monoisotopic (exact) mass is 344 g/mol. The molecule has 0 unspecified atom stereocenters. The smallest absolute Gasteiger partial charge is 0.263 e. The highest BCUT2D eigenvalue weighted by Crippen LogP contribution is 2.25. The van der Waals surface area contributed by atoms with Gasteiger partial charge in [-0.1, -0.05) is 18.2 Å². The van der Waals surface area contributed by atoms with E-state index in [0.29, 0.717) is 11.1 Å². The lowest BCUT2D eigenvalue weighted by atomic mass is 10.1. The van der Waals surface area contributed by atoms with Crippen molar-refractivity contribution in [2.24, 2.45) is 0 Å². The molecule has 2 amide bonds. The fraction of sp³-hybridized carbons (Fsp3) is 0.125. The second-order valence-electron chi connectivity index (χ2n) is 4.90. The van der Waals surface area contributed by atoms with Crippen molar-refractivity contribution >= 4 is 33.4 Å². The summed E-state index contributed by atoms with van der Waals surface area (Å²) < 4.78 is 0.902. The number of aryl methyl sites for hydroxylation is 1. The number of hydrogen-bond donors (Lipinski definition) is 1. The van der Waals surface area contributed by atoms with Gasteiger partial charge >= 0.3 is 0 Å². The van der Waals surface area contributed by atoms with E-state index in [9.17, 15) is 9.59 Å². The van der Waals surface area contributed by atoms with Crippen molar-refractivity contribution in [2.75, 3.05) is 12.0 Å². The number of nitrogens with one attached hydrogen (secondary N) is 1. The molecule has 2 aromatic carbocycles. The molecule has 4 nitrogen and oxygen atoms in total. The zero-order valence-corrected chi connectivity index (χ0v) is 13.0. The number of halogens is 1. The van der Waals surface area contributed by atoms with Crippen LogP contribution in [-0.4, -0.2) is 23.4 Å². The lowest BCUT2D eigenvalue weighted by molar-refractivity contribution is 0.0666. The Morgan fingerprint density at radius 3 is 2.24 bits per heavy atom. The largest absolute Gasteiger partial charge is 0.366 e. The van der Waals surface area contributed by atoms with Crippen LogP contribution in [-0.2, 0) is 0 Å². The van der Waals surface area contributed by atoms with Crippen molar-refractivity contribution in [2.45, 2.75) is 6.92 Å². The molecule has 0 saturated carbocycles. The van der Waals surface area contributed by atoms with Crippen molar-refractivity contribution in [3.8, 4) is 0 Å². The molecule has 1 aliphatic heterocycles. The number of amides is 2. The van der Waals surface area contributed by atoms with Gasteiger partial charge in [0.2, 0.25) is 0 Å². The zero-order chi connectivity index (χ0) is 15.0. The summed E-state index contributed by atoms with van der Waals surface area (Å²) >= 11 is 3.46. The van der Waals surface area contributed by atoms with Crippen LogP contribution in [0.2, 0.25) is 0 Å². The molecule has 0 spiro atoms. The van der Waals surface area contributed by atoms with Crippen molar-refractivity contribution in [1.82, 2.24) is 4.90 Å². The number of anilines is 1. The van der Waals surface area contributed by atoms with Gasteiger partial charge in [0, 0.05) is 10.2 Å². The predicted molar refractivity (Wildman–Crippen MR) is 84.3 cm³/mol. The van der Waals surface area contributed by atoms with Crippen LogP contribution in [0, 0.1) is 6.92 Å². The van der Waals surface area contributed by atoms with Crippen LogP contribution in [0.15, 0.2) is 46.9 Å². The van der Waals surface area contributed by atoms with E-state index in [1.807, 2.05) is 25.1 Å². The molecular formula is C16H13BrN2O2. The Kier molecular flexibility index (Phi) is 3.51. The van der Waals surface area contributed by atoms with Crippen molar-refractivity contribution in [3.05, 3.63) is 63.6 Å². The number of carbonyl (C=O) groups is 2. The van der Waals surface area contributed by atoms with Gasteiger partial charge in [0.25, 0.3) is 11.8 Å². The van der Waals surface area contributed by atoms with E-state index in [4.69, 9.17) is 0 Å². The maximum Gasteiger partial charge on any atom is 0.263 e. The first-order valence-corrected chi connectivity index (χ1v) is 7.32. The van der Waals surface area contributed by atoms with Crippen LogP contribution < -0.4 is 5.32 Å². The van der Waals surface area contributed by atoms with Crippen molar-refractivity contribution in [3.63, 3.8) is 0 Å². The maximum absolute atomic E-state index is 12.2. The van der Waals surface area contributed by atoms with Gasteiger partial charge in [-0.2, -0.15) is 0 Å². The highest BCUT2D eigenvalue weighted by Gasteiger charge is 2.34. The Morgan fingerprint density at radius 2 is 1.67 bits per heavy atom. The summed E-state index contributed by atoms with van der Waals surface area (Å²) in [5.41, 5.74) is 2.91. The summed E-state index contributed by atoms with van der Waals surface area (Å²) in [6, 6.07) is 12.7. The molecule has 21 heavy (non-hydrogen) atoms. The second kappa shape index (κ2) is 5.33. The third-order valence-corrected chi connectivity index (χ3v) is 4.09. The second-order valence-corrected chi connectivity index (χ2v) is 5.76. The van der Waals surface area contributed by atoms with E-state index in [0.717, 1.165) is 15.7 Å². The van der Waals surface area contributed by atoms with Crippen LogP contribution in [0.4, 0.5) is 5.69 Å². The normalized spacial score (nSPS) is 13.5. The quantitative estimate of drug-likeness (QED) is 0.868. The Hall–Kier alpha value is -2.14. The Balaban J connectivity index is 1.78. The third-order valence-electron chi connectivity index (χ3n) is 3.43. The van der Waals surface area contributed by atoms with Gasteiger partial charge in [-0.05, 0) is 52.7 Å². The maximum atomic E-state index is 12.2. The van der Waals surface area contributed by atoms with Gasteiger partial charge in [0.1, 0.15) is 0 Å². The number of rotatable bonds is 3. The van der Waals surface area contributed by atoms with Gasteiger partial charge in [0.15, 0.2) is 0 Å². The molecule has 5 heteroatoms. The number of carbonyl (C=O) groups excluding carboxylic acids is 2. The Bertz CT molecular complexity index is 708.